The number of aliphatic hydroxyl groups excluding tert-OH is 1. The summed E-state index contributed by atoms with van der Waals surface area (Å²) in [7, 11) is 1.80. The number of rotatable bonds is 4. The molecule has 1 atom stereocenters. The number of aliphatic hydroxyl groups is 1. The highest BCUT2D eigenvalue weighted by Crippen LogP contribution is 2.28. The van der Waals surface area contributed by atoms with E-state index in [0.29, 0.717) is 12.4 Å². The predicted octanol–water partition coefficient (Wildman–Crippen LogP) is 2.21. The SMILES string of the molecule is C[C@H](O)c1cc(Br)ccc1OCc1cn(C)nn1. The van der Waals surface area contributed by atoms with Gasteiger partial charge in [0.1, 0.15) is 18.1 Å². The zero-order valence-electron chi connectivity index (χ0n) is 10.2. The van der Waals surface area contributed by atoms with E-state index in [0.717, 1.165) is 15.7 Å². The van der Waals surface area contributed by atoms with E-state index in [9.17, 15) is 5.11 Å². The largest absolute Gasteiger partial charge is 0.487 e. The van der Waals surface area contributed by atoms with Crippen molar-refractivity contribution in [3.8, 4) is 5.75 Å². The first-order chi connectivity index (χ1) is 8.56. The summed E-state index contributed by atoms with van der Waals surface area (Å²) in [4.78, 5) is 0. The molecule has 18 heavy (non-hydrogen) atoms. The summed E-state index contributed by atoms with van der Waals surface area (Å²) in [5.41, 5.74) is 1.49. The molecule has 0 aliphatic rings. The third-order valence-corrected chi connectivity index (χ3v) is 2.94. The quantitative estimate of drug-likeness (QED) is 0.940. The maximum Gasteiger partial charge on any atom is 0.134 e. The summed E-state index contributed by atoms with van der Waals surface area (Å²) in [6.45, 7) is 2.03. The third kappa shape index (κ3) is 3.08. The molecule has 1 aromatic carbocycles. The molecule has 0 amide bonds. The standard InChI is InChI=1S/C12H14BrN3O2/c1-8(17)11-5-9(13)3-4-12(11)18-7-10-6-16(2)15-14-10/h3-6,8,17H,7H2,1-2H3/t8-/m0/s1. The van der Waals surface area contributed by atoms with Gasteiger partial charge in [-0.1, -0.05) is 21.1 Å². The summed E-state index contributed by atoms with van der Waals surface area (Å²) in [6.07, 6.45) is 1.21. The number of aryl methyl sites for hydroxylation is 1. The van der Waals surface area contributed by atoms with Crippen molar-refractivity contribution in [1.82, 2.24) is 15.0 Å². The number of benzene rings is 1. The van der Waals surface area contributed by atoms with Crippen molar-refractivity contribution in [1.29, 1.82) is 0 Å². The van der Waals surface area contributed by atoms with Crippen molar-refractivity contribution in [3.05, 3.63) is 40.1 Å². The Bertz CT molecular complexity index is 540. The van der Waals surface area contributed by atoms with Gasteiger partial charge < -0.3 is 9.84 Å². The van der Waals surface area contributed by atoms with Crippen LogP contribution in [0.3, 0.4) is 0 Å². The molecule has 1 N–H and O–H groups in total. The van der Waals surface area contributed by atoms with Crippen molar-refractivity contribution in [3.63, 3.8) is 0 Å². The van der Waals surface area contributed by atoms with Crippen molar-refractivity contribution >= 4 is 15.9 Å². The van der Waals surface area contributed by atoms with Gasteiger partial charge in [0.25, 0.3) is 0 Å². The Hall–Kier alpha value is -1.40. The van der Waals surface area contributed by atoms with Gasteiger partial charge >= 0.3 is 0 Å². The molecule has 0 aliphatic carbocycles. The van der Waals surface area contributed by atoms with E-state index in [1.54, 1.807) is 24.9 Å². The molecule has 6 heteroatoms. The van der Waals surface area contributed by atoms with Crippen molar-refractivity contribution < 1.29 is 9.84 Å². The molecule has 0 saturated carbocycles. The molecule has 0 spiro atoms. The van der Waals surface area contributed by atoms with Crippen LogP contribution in [-0.2, 0) is 13.7 Å². The van der Waals surface area contributed by atoms with E-state index in [4.69, 9.17) is 4.74 Å². The predicted molar refractivity (Wildman–Crippen MR) is 70.1 cm³/mol. The number of halogens is 1. The van der Waals surface area contributed by atoms with Crippen LogP contribution >= 0.6 is 15.9 Å². The van der Waals surface area contributed by atoms with Gasteiger partial charge in [0.2, 0.25) is 0 Å². The first-order valence-electron chi connectivity index (χ1n) is 5.52. The summed E-state index contributed by atoms with van der Waals surface area (Å²) in [5.74, 6) is 0.652. The topological polar surface area (TPSA) is 60.2 Å². The number of ether oxygens (including phenoxy) is 1. The summed E-state index contributed by atoms with van der Waals surface area (Å²) in [6, 6.07) is 5.54. The zero-order valence-corrected chi connectivity index (χ0v) is 11.8. The average molecular weight is 312 g/mol. The Kier molecular flexibility index (Phi) is 3.98. The summed E-state index contributed by atoms with van der Waals surface area (Å²) < 4.78 is 8.18. The minimum atomic E-state index is -0.584. The Labute approximate surface area is 114 Å². The van der Waals surface area contributed by atoms with Crippen LogP contribution in [0.15, 0.2) is 28.9 Å². The van der Waals surface area contributed by atoms with Crippen LogP contribution in [0.5, 0.6) is 5.75 Å². The van der Waals surface area contributed by atoms with Crippen LogP contribution < -0.4 is 4.74 Å². The van der Waals surface area contributed by atoms with E-state index in [2.05, 4.69) is 26.2 Å². The molecule has 0 unspecified atom stereocenters. The van der Waals surface area contributed by atoms with Crippen LogP contribution in [-0.4, -0.2) is 20.1 Å². The molecular formula is C12H14BrN3O2. The number of nitrogens with zero attached hydrogens (tertiary/aromatic N) is 3. The van der Waals surface area contributed by atoms with E-state index >= 15 is 0 Å². The highest BCUT2D eigenvalue weighted by molar-refractivity contribution is 9.10. The summed E-state index contributed by atoms with van der Waals surface area (Å²) in [5, 5.41) is 17.5. The van der Waals surface area contributed by atoms with Gasteiger partial charge in [-0.25, -0.2) is 0 Å². The van der Waals surface area contributed by atoms with Gasteiger partial charge in [-0.05, 0) is 25.1 Å². The van der Waals surface area contributed by atoms with E-state index in [1.165, 1.54) is 0 Å². The third-order valence-electron chi connectivity index (χ3n) is 2.45. The van der Waals surface area contributed by atoms with Crippen LogP contribution in [0.4, 0.5) is 0 Å². The minimum Gasteiger partial charge on any atom is -0.487 e. The molecule has 1 aromatic heterocycles. The Balaban J connectivity index is 2.13. The molecule has 0 radical (unpaired) electrons. The van der Waals surface area contributed by atoms with Gasteiger partial charge in [0.05, 0.1) is 12.3 Å². The second kappa shape index (κ2) is 5.49. The molecular weight excluding hydrogens is 298 g/mol. The van der Waals surface area contributed by atoms with E-state index in [-0.39, 0.29) is 0 Å². The van der Waals surface area contributed by atoms with Gasteiger partial charge in [0.15, 0.2) is 0 Å². The fourth-order valence-corrected chi connectivity index (χ4v) is 1.97. The average Bonchev–Trinajstić information content (AvgIpc) is 2.73. The maximum atomic E-state index is 9.70. The second-order valence-electron chi connectivity index (χ2n) is 4.03. The molecule has 0 fully saturated rings. The normalized spacial score (nSPS) is 12.4. The van der Waals surface area contributed by atoms with Gasteiger partial charge in [-0.3, -0.25) is 4.68 Å². The second-order valence-corrected chi connectivity index (χ2v) is 4.95. The van der Waals surface area contributed by atoms with Gasteiger partial charge in [0, 0.05) is 17.1 Å². The molecule has 2 rings (SSSR count). The fraction of sp³-hybridized carbons (Fsp3) is 0.333. The van der Waals surface area contributed by atoms with E-state index < -0.39 is 6.10 Å². The van der Waals surface area contributed by atoms with Crippen molar-refractivity contribution in [2.75, 3.05) is 0 Å². The molecule has 2 aromatic rings. The highest BCUT2D eigenvalue weighted by atomic mass is 79.9. The van der Waals surface area contributed by atoms with Crippen molar-refractivity contribution in [2.45, 2.75) is 19.6 Å². The molecule has 0 bridgehead atoms. The number of aromatic nitrogens is 3. The zero-order chi connectivity index (χ0) is 13.1. The number of hydrogen-bond donors (Lipinski definition) is 1. The van der Waals surface area contributed by atoms with Crippen LogP contribution in [0.1, 0.15) is 24.3 Å². The molecule has 0 aliphatic heterocycles. The lowest BCUT2D eigenvalue weighted by molar-refractivity contribution is 0.189. The first kappa shape index (κ1) is 13.0. The van der Waals surface area contributed by atoms with Gasteiger partial charge in [-0.2, -0.15) is 0 Å². The lowest BCUT2D eigenvalue weighted by Crippen LogP contribution is -2.01. The van der Waals surface area contributed by atoms with E-state index in [1.807, 2.05) is 18.2 Å². The summed E-state index contributed by atoms with van der Waals surface area (Å²) >= 11 is 3.37. The molecule has 96 valence electrons. The number of hydrogen-bond acceptors (Lipinski definition) is 4. The Morgan fingerprint density at radius 3 is 2.89 bits per heavy atom. The van der Waals surface area contributed by atoms with Gasteiger partial charge in [-0.15, -0.1) is 5.10 Å². The van der Waals surface area contributed by atoms with Crippen LogP contribution in [0.25, 0.3) is 0 Å². The highest BCUT2D eigenvalue weighted by Gasteiger charge is 2.10. The monoisotopic (exact) mass is 311 g/mol. The minimum absolute atomic E-state index is 0.329. The Morgan fingerprint density at radius 2 is 2.28 bits per heavy atom. The van der Waals surface area contributed by atoms with Crippen LogP contribution in [0, 0.1) is 0 Å². The molecule has 0 saturated heterocycles. The molecule has 5 nitrogen and oxygen atoms in total. The van der Waals surface area contributed by atoms with Crippen molar-refractivity contribution in [2.24, 2.45) is 7.05 Å². The maximum absolute atomic E-state index is 9.70. The lowest BCUT2D eigenvalue weighted by Gasteiger charge is -2.13. The lowest BCUT2D eigenvalue weighted by atomic mass is 10.1. The fourth-order valence-electron chi connectivity index (χ4n) is 1.59. The van der Waals surface area contributed by atoms with Crippen LogP contribution in [0.2, 0.25) is 0 Å². The Morgan fingerprint density at radius 1 is 1.50 bits per heavy atom. The smallest absolute Gasteiger partial charge is 0.134 e. The first-order valence-corrected chi connectivity index (χ1v) is 6.31. The molecule has 1 heterocycles.